The van der Waals surface area contributed by atoms with Crippen molar-refractivity contribution in [3.05, 3.63) is 49.6 Å². The summed E-state index contributed by atoms with van der Waals surface area (Å²) in [5.41, 5.74) is 7.17. The van der Waals surface area contributed by atoms with E-state index in [-0.39, 0.29) is 6.04 Å². The minimum Gasteiger partial charge on any atom is -0.497 e. The van der Waals surface area contributed by atoms with Gasteiger partial charge in [-0.05, 0) is 46.7 Å². The first kappa shape index (κ1) is 16.8. The lowest BCUT2D eigenvalue weighted by Gasteiger charge is -2.26. The molecule has 0 aliphatic heterocycles. The van der Waals surface area contributed by atoms with Gasteiger partial charge in [-0.25, -0.2) is 0 Å². The Morgan fingerprint density at radius 1 is 1.38 bits per heavy atom. The van der Waals surface area contributed by atoms with Crippen molar-refractivity contribution >= 4 is 38.9 Å². The molecule has 1 aromatic heterocycles. The summed E-state index contributed by atoms with van der Waals surface area (Å²) in [6, 6.07) is 10.3. The second-order valence-electron chi connectivity index (χ2n) is 4.79. The third-order valence-corrected chi connectivity index (χ3v) is 5.91. The summed E-state index contributed by atoms with van der Waals surface area (Å²) >= 11 is 11.1. The minimum absolute atomic E-state index is 0.154. The minimum atomic E-state index is 0.154. The SMILES string of the molecule is COc1ccc(CN(C)C(CN)c2cc(Br)c(Cl)s2)cc1. The number of hydrogen-bond donors (Lipinski definition) is 1. The number of thiophene rings is 1. The van der Waals surface area contributed by atoms with Gasteiger partial charge in [-0.3, -0.25) is 4.90 Å². The van der Waals surface area contributed by atoms with Gasteiger partial charge in [0.25, 0.3) is 0 Å². The van der Waals surface area contributed by atoms with E-state index in [0.29, 0.717) is 6.54 Å². The van der Waals surface area contributed by atoms with Crippen LogP contribution in [0.3, 0.4) is 0 Å². The molecule has 0 radical (unpaired) electrons. The highest BCUT2D eigenvalue weighted by atomic mass is 79.9. The van der Waals surface area contributed by atoms with Gasteiger partial charge in [-0.1, -0.05) is 23.7 Å². The molecule has 114 valence electrons. The molecular weight excluding hydrogens is 372 g/mol. The molecule has 0 fully saturated rings. The van der Waals surface area contributed by atoms with Gasteiger partial charge in [0.1, 0.15) is 10.1 Å². The number of hydrogen-bond acceptors (Lipinski definition) is 4. The molecular formula is C15H18BrClN2OS. The molecule has 0 spiro atoms. The van der Waals surface area contributed by atoms with E-state index in [2.05, 4.69) is 46.1 Å². The average molecular weight is 390 g/mol. The summed E-state index contributed by atoms with van der Waals surface area (Å²) in [7, 11) is 3.74. The smallest absolute Gasteiger partial charge is 0.118 e. The van der Waals surface area contributed by atoms with Crippen molar-refractivity contribution in [1.29, 1.82) is 0 Å². The highest BCUT2D eigenvalue weighted by Gasteiger charge is 2.19. The Morgan fingerprint density at radius 2 is 2.05 bits per heavy atom. The molecule has 21 heavy (non-hydrogen) atoms. The molecule has 0 amide bonds. The molecule has 1 atom stereocenters. The maximum Gasteiger partial charge on any atom is 0.118 e. The van der Waals surface area contributed by atoms with Gasteiger partial charge in [0, 0.05) is 22.4 Å². The van der Waals surface area contributed by atoms with E-state index in [0.717, 1.165) is 21.1 Å². The third-order valence-electron chi connectivity index (χ3n) is 3.34. The number of halogens is 2. The summed E-state index contributed by atoms with van der Waals surface area (Å²) in [6.45, 7) is 1.37. The van der Waals surface area contributed by atoms with E-state index in [9.17, 15) is 0 Å². The Morgan fingerprint density at radius 3 is 2.52 bits per heavy atom. The van der Waals surface area contributed by atoms with Crippen molar-refractivity contribution in [2.24, 2.45) is 5.73 Å². The summed E-state index contributed by atoms with van der Waals surface area (Å²) in [5, 5.41) is 0. The third kappa shape index (κ3) is 4.20. The number of likely N-dealkylation sites (N-methyl/N-ethyl adjacent to an activating group) is 1. The molecule has 0 aliphatic rings. The van der Waals surface area contributed by atoms with Crippen LogP contribution in [0.15, 0.2) is 34.8 Å². The van der Waals surface area contributed by atoms with Crippen molar-refractivity contribution in [1.82, 2.24) is 4.90 Å². The zero-order chi connectivity index (χ0) is 15.4. The van der Waals surface area contributed by atoms with Gasteiger partial charge in [0.15, 0.2) is 0 Å². The monoisotopic (exact) mass is 388 g/mol. The lowest BCUT2D eigenvalue weighted by molar-refractivity contribution is 0.245. The number of ether oxygens (including phenoxy) is 1. The molecule has 6 heteroatoms. The largest absolute Gasteiger partial charge is 0.497 e. The molecule has 2 rings (SSSR count). The van der Waals surface area contributed by atoms with Crippen LogP contribution in [0.1, 0.15) is 16.5 Å². The molecule has 0 aliphatic carbocycles. The van der Waals surface area contributed by atoms with Gasteiger partial charge in [0.2, 0.25) is 0 Å². The maximum absolute atomic E-state index is 6.13. The summed E-state index contributed by atoms with van der Waals surface area (Å²) in [6.07, 6.45) is 0. The Kier molecular flexibility index (Phi) is 6.08. The highest BCUT2D eigenvalue weighted by molar-refractivity contribution is 9.10. The number of methoxy groups -OCH3 is 1. The number of benzene rings is 1. The standard InChI is InChI=1S/C15H18BrClN2OS/c1-19(9-10-3-5-11(20-2)6-4-10)13(8-18)14-7-12(16)15(17)21-14/h3-7,13H,8-9,18H2,1-2H3. The van der Waals surface area contributed by atoms with Gasteiger partial charge in [-0.2, -0.15) is 0 Å². The maximum atomic E-state index is 6.13. The van der Waals surface area contributed by atoms with E-state index >= 15 is 0 Å². The second kappa shape index (κ2) is 7.61. The zero-order valence-corrected chi connectivity index (χ0v) is 15.1. The molecule has 1 aromatic carbocycles. The van der Waals surface area contributed by atoms with Gasteiger partial charge in [0.05, 0.1) is 13.2 Å². The molecule has 1 heterocycles. The zero-order valence-electron chi connectivity index (χ0n) is 12.0. The first-order valence-electron chi connectivity index (χ1n) is 6.53. The summed E-state index contributed by atoms with van der Waals surface area (Å²) in [4.78, 5) is 3.40. The van der Waals surface area contributed by atoms with Crippen molar-refractivity contribution in [3.8, 4) is 5.75 Å². The molecule has 1 unspecified atom stereocenters. The summed E-state index contributed by atoms with van der Waals surface area (Å²) in [5.74, 6) is 0.866. The molecule has 0 bridgehead atoms. The van der Waals surface area contributed by atoms with Crippen LogP contribution >= 0.6 is 38.9 Å². The number of nitrogens with zero attached hydrogens (tertiary/aromatic N) is 1. The van der Waals surface area contributed by atoms with Gasteiger partial charge in [-0.15, -0.1) is 11.3 Å². The fourth-order valence-electron chi connectivity index (χ4n) is 2.17. The molecule has 3 nitrogen and oxygen atoms in total. The Balaban J connectivity index is 2.10. The van der Waals surface area contributed by atoms with E-state index in [4.69, 9.17) is 22.1 Å². The topological polar surface area (TPSA) is 38.5 Å². The quantitative estimate of drug-likeness (QED) is 0.800. The van der Waals surface area contributed by atoms with Crippen LogP contribution in [0.5, 0.6) is 5.75 Å². The first-order valence-corrected chi connectivity index (χ1v) is 8.52. The number of rotatable bonds is 6. The average Bonchev–Trinajstić information content (AvgIpc) is 2.80. The normalized spacial score (nSPS) is 12.7. The van der Waals surface area contributed by atoms with E-state index in [1.165, 1.54) is 10.4 Å². The van der Waals surface area contributed by atoms with Crippen LogP contribution in [0.2, 0.25) is 4.34 Å². The highest BCUT2D eigenvalue weighted by Crippen LogP contribution is 2.36. The Hall–Kier alpha value is -0.590. The molecule has 0 saturated carbocycles. The van der Waals surface area contributed by atoms with Crippen LogP contribution < -0.4 is 10.5 Å². The van der Waals surface area contributed by atoms with Gasteiger partial charge < -0.3 is 10.5 Å². The second-order valence-corrected chi connectivity index (χ2v) is 7.33. The van der Waals surface area contributed by atoms with Crippen LogP contribution in [0.25, 0.3) is 0 Å². The van der Waals surface area contributed by atoms with E-state index in [1.807, 2.05) is 12.1 Å². The van der Waals surface area contributed by atoms with Crippen LogP contribution in [-0.4, -0.2) is 25.6 Å². The first-order chi connectivity index (χ1) is 10.0. The molecule has 2 N–H and O–H groups in total. The fourth-order valence-corrected chi connectivity index (χ4v) is 4.09. The molecule has 0 saturated heterocycles. The number of nitrogens with two attached hydrogens (primary N) is 1. The fraction of sp³-hybridized carbons (Fsp3) is 0.333. The lowest BCUT2D eigenvalue weighted by Crippen LogP contribution is -2.29. The van der Waals surface area contributed by atoms with Crippen molar-refractivity contribution < 1.29 is 4.74 Å². The predicted octanol–water partition coefficient (Wildman–Crippen LogP) is 4.30. The van der Waals surface area contributed by atoms with E-state index in [1.54, 1.807) is 18.4 Å². The van der Waals surface area contributed by atoms with Crippen LogP contribution in [0.4, 0.5) is 0 Å². The Labute approximate surface area is 142 Å². The van der Waals surface area contributed by atoms with Crippen LogP contribution in [-0.2, 0) is 6.54 Å². The summed E-state index contributed by atoms with van der Waals surface area (Å²) < 4.78 is 6.87. The van der Waals surface area contributed by atoms with Gasteiger partial charge >= 0.3 is 0 Å². The van der Waals surface area contributed by atoms with Crippen molar-refractivity contribution in [2.75, 3.05) is 20.7 Å². The van der Waals surface area contributed by atoms with Crippen molar-refractivity contribution in [3.63, 3.8) is 0 Å². The lowest BCUT2D eigenvalue weighted by atomic mass is 10.1. The molecule has 2 aromatic rings. The van der Waals surface area contributed by atoms with Crippen LogP contribution in [0, 0.1) is 0 Å². The van der Waals surface area contributed by atoms with E-state index < -0.39 is 0 Å². The van der Waals surface area contributed by atoms with Crippen molar-refractivity contribution in [2.45, 2.75) is 12.6 Å². The predicted molar refractivity (Wildman–Crippen MR) is 93.3 cm³/mol. The Bertz CT molecular complexity index is 568.